The Kier molecular flexibility index (Phi) is 3.61. The van der Waals surface area contributed by atoms with Crippen LogP contribution in [0.4, 0.5) is 0 Å². The fraction of sp³-hybridized carbons (Fsp3) is 1.00. The summed E-state index contributed by atoms with van der Waals surface area (Å²) < 4.78 is 0. The lowest BCUT2D eigenvalue weighted by atomic mass is 9.93. The van der Waals surface area contributed by atoms with Crippen LogP contribution in [0.1, 0.15) is 39.0 Å². The predicted octanol–water partition coefficient (Wildman–Crippen LogP) is 3.13. The monoisotopic (exact) mass is 158 g/mol. The van der Waals surface area contributed by atoms with Crippen molar-refractivity contribution in [2.24, 2.45) is 11.8 Å². The zero-order valence-corrected chi connectivity index (χ0v) is 7.74. The van der Waals surface area contributed by atoms with Crippen LogP contribution in [-0.2, 0) is 0 Å². The number of thiol groups is 1. The molecule has 0 nitrogen and oxygen atoms in total. The largest absolute Gasteiger partial charge is 0.179 e. The molecule has 1 heteroatoms. The maximum Gasteiger partial charge on any atom is -0.00669 e. The van der Waals surface area contributed by atoms with Crippen LogP contribution in [0, 0.1) is 11.8 Å². The molecule has 2 unspecified atom stereocenters. The molecule has 10 heavy (non-hydrogen) atoms. The van der Waals surface area contributed by atoms with Gasteiger partial charge in [0, 0.05) is 0 Å². The molecule has 0 aromatic rings. The third kappa shape index (κ3) is 1.91. The average molecular weight is 158 g/mol. The van der Waals surface area contributed by atoms with Gasteiger partial charge >= 0.3 is 0 Å². The summed E-state index contributed by atoms with van der Waals surface area (Å²) in [6.07, 6.45) is 7.16. The van der Waals surface area contributed by atoms with E-state index in [9.17, 15) is 0 Å². The Balaban J connectivity index is 2.27. The molecule has 2 atom stereocenters. The van der Waals surface area contributed by atoms with Gasteiger partial charge < -0.3 is 0 Å². The molecule has 60 valence electrons. The summed E-state index contributed by atoms with van der Waals surface area (Å²) in [5, 5.41) is 0. The van der Waals surface area contributed by atoms with Gasteiger partial charge in [0.05, 0.1) is 0 Å². The molecule has 0 spiro atoms. The van der Waals surface area contributed by atoms with Crippen molar-refractivity contribution in [3.63, 3.8) is 0 Å². The highest BCUT2D eigenvalue weighted by atomic mass is 32.1. The van der Waals surface area contributed by atoms with Crippen molar-refractivity contribution < 1.29 is 0 Å². The quantitative estimate of drug-likeness (QED) is 0.599. The minimum Gasteiger partial charge on any atom is -0.179 e. The lowest BCUT2D eigenvalue weighted by Gasteiger charge is -2.15. The second-order valence-corrected chi connectivity index (χ2v) is 3.79. The Labute approximate surface area is 69.8 Å². The summed E-state index contributed by atoms with van der Waals surface area (Å²) in [7, 11) is 0. The first kappa shape index (κ1) is 8.45. The van der Waals surface area contributed by atoms with E-state index in [0.29, 0.717) is 0 Å². The van der Waals surface area contributed by atoms with Gasteiger partial charge in [-0.1, -0.05) is 32.6 Å². The zero-order valence-electron chi connectivity index (χ0n) is 6.84. The molecule has 1 rings (SSSR count). The van der Waals surface area contributed by atoms with Crippen molar-refractivity contribution in [3.8, 4) is 0 Å². The number of rotatable bonds is 3. The molecule has 0 aromatic heterocycles. The van der Waals surface area contributed by atoms with Crippen LogP contribution < -0.4 is 0 Å². The molecule has 1 fully saturated rings. The first-order valence-electron chi connectivity index (χ1n) is 4.49. The molecule has 0 amide bonds. The molecule has 0 bridgehead atoms. The molecule has 0 aliphatic heterocycles. The fourth-order valence-electron chi connectivity index (χ4n) is 2.10. The summed E-state index contributed by atoms with van der Waals surface area (Å²) in [6, 6.07) is 0. The Hall–Kier alpha value is 0.350. The SMILES string of the molecule is CCCC1CCCC1CS. The molecule has 0 heterocycles. The van der Waals surface area contributed by atoms with Crippen molar-refractivity contribution in [1.82, 2.24) is 0 Å². The summed E-state index contributed by atoms with van der Waals surface area (Å²) in [4.78, 5) is 0. The normalized spacial score (nSPS) is 33.0. The van der Waals surface area contributed by atoms with E-state index in [2.05, 4.69) is 19.6 Å². The molecule has 0 N–H and O–H groups in total. The first-order valence-corrected chi connectivity index (χ1v) is 5.12. The lowest BCUT2D eigenvalue weighted by molar-refractivity contribution is 0.394. The molecule has 1 aliphatic rings. The maximum atomic E-state index is 4.37. The Morgan fingerprint density at radius 2 is 2.00 bits per heavy atom. The lowest BCUT2D eigenvalue weighted by Crippen LogP contribution is -2.08. The van der Waals surface area contributed by atoms with E-state index in [-0.39, 0.29) is 0 Å². The van der Waals surface area contributed by atoms with Crippen LogP contribution in [-0.4, -0.2) is 5.75 Å². The van der Waals surface area contributed by atoms with Gasteiger partial charge in [0.1, 0.15) is 0 Å². The van der Waals surface area contributed by atoms with E-state index in [1.54, 1.807) is 0 Å². The molecule has 0 aromatic carbocycles. The van der Waals surface area contributed by atoms with E-state index in [1.807, 2.05) is 0 Å². The highest BCUT2D eigenvalue weighted by Crippen LogP contribution is 2.35. The van der Waals surface area contributed by atoms with Crippen LogP contribution in [0.3, 0.4) is 0 Å². The summed E-state index contributed by atoms with van der Waals surface area (Å²) in [5.74, 6) is 3.08. The number of hydrogen-bond acceptors (Lipinski definition) is 1. The molecular formula is C9H18S. The number of hydrogen-bond donors (Lipinski definition) is 1. The topological polar surface area (TPSA) is 0 Å². The summed E-state index contributed by atoms with van der Waals surface area (Å²) in [5.41, 5.74) is 0. The van der Waals surface area contributed by atoms with E-state index in [0.717, 1.165) is 17.6 Å². The van der Waals surface area contributed by atoms with Gasteiger partial charge in [-0.15, -0.1) is 0 Å². The second-order valence-electron chi connectivity index (χ2n) is 3.42. The molecule has 1 saturated carbocycles. The van der Waals surface area contributed by atoms with Gasteiger partial charge in [-0.3, -0.25) is 0 Å². The highest BCUT2D eigenvalue weighted by Gasteiger charge is 2.24. The van der Waals surface area contributed by atoms with E-state index >= 15 is 0 Å². The van der Waals surface area contributed by atoms with Gasteiger partial charge in [0.2, 0.25) is 0 Å². The highest BCUT2D eigenvalue weighted by molar-refractivity contribution is 7.80. The van der Waals surface area contributed by atoms with Crippen LogP contribution in [0.2, 0.25) is 0 Å². The summed E-state index contributed by atoms with van der Waals surface area (Å²) >= 11 is 4.37. The van der Waals surface area contributed by atoms with Gasteiger partial charge in [0.15, 0.2) is 0 Å². The van der Waals surface area contributed by atoms with Crippen molar-refractivity contribution in [2.75, 3.05) is 5.75 Å². The fourth-order valence-corrected chi connectivity index (χ4v) is 2.59. The third-order valence-corrected chi connectivity index (χ3v) is 3.18. The smallest absolute Gasteiger partial charge is 0.00669 e. The molecule has 0 radical (unpaired) electrons. The standard InChI is InChI=1S/C9H18S/c1-2-4-8-5-3-6-9(8)7-10/h8-10H,2-7H2,1H3. The van der Waals surface area contributed by atoms with Gasteiger partial charge in [-0.2, -0.15) is 12.6 Å². The van der Waals surface area contributed by atoms with Crippen LogP contribution in [0.15, 0.2) is 0 Å². The Morgan fingerprint density at radius 3 is 2.60 bits per heavy atom. The maximum absolute atomic E-state index is 4.37. The minimum atomic E-state index is 0.947. The first-order chi connectivity index (χ1) is 4.88. The van der Waals surface area contributed by atoms with Gasteiger partial charge in [0.25, 0.3) is 0 Å². The van der Waals surface area contributed by atoms with Crippen molar-refractivity contribution in [3.05, 3.63) is 0 Å². The Morgan fingerprint density at radius 1 is 1.30 bits per heavy atom. The van der Waals surface area contributed by atoms with Gasteiger partial charge in [-0.05, 0) is 24.0 Å². The third-order valence-electron chi connectivity index (χ3n) is 2.71. The van der Waals surface area contributed by atoms with Crippen LogP contribution in [0.5, 0.6) is 0 Å². The molecular weight excluding hydrogens is 140 g/mol. The minimum absolute atomic E-state index is 0.947. The Bertz CT molecular complexity index is 90.7. The molecule has 1 aliphatic carbocycles. The molecule has 0 saturated heterocycles. The second kappa shape index (κ2) is 4.27. The van der Waals surface area contributed by atoms with Crippen molar-refractivity contribution in [1.29, 1.82) is 0 Å². The average Bonchev–Trinajstić information content (AvgIpc) is 2.36. The van der Waals surface area contributed by atoms with Crippen molar-refractivity contribution >= 4 is 12.6 Å². The van der Waals surface area contributed by atoms with Gasteiger partial charge in [-0.25, -0.2) is 0 Å². The van der Waals surface area contributed by atoms with E-state index in [4.69, 9.17) is 0 Å². The zero-order chi connectivity index (χ0) is 7.40. The predicted molar refractivity (Wildman–Crippen MR) is 49.6 cm³/mol. The van der Waals surface area contributed by atoms with Crippen LogP contribution in [0.25, 0.3) is 0 Å². The summed E-state index contributed by atoms with van der Waals surface area (Å²) in [6.45, 7) is 2.29. The van der Waals surface area contributed by atoms with E-state index in [1.165, 1.54) is 32.1 Å². The van der Waals surface area contributed by atoms with Crippen LogP contribution >= 0.6 is 12.6 Å². The van der Waals surface area contributed by atoms with Crippen molar-refractivity contribution in [2.45, 2.75) is 39.0 Å². The van der Waals surface area contributed by atoms with E-state index < -0.39 is 0 Å².